The van der Waals surface area contributed by atoms with Gasteiger partial charge in [0.25, 0.3) is 0 Å². The number of alkyl halides is 3. The van der Waals surface area contributed by atoms with Gasteiger partial charge in [-0.2, -0.15) is 13.2 Å². The second kappa shape index (κ2) is 9.02. The van der Waals surface area contributed by atoms with Gasteiger partial charge in [0, 0.05) is 38.4 Å². The number of anilines is 1. The van der Waals surface area contributed by atoms with Gasteiger partial charge in [-0.05, 0) is 74.7 Å². The molecule has 1 aliphatic heterocycles. The number of carbonyl (C=O) groups is 1. The number of carboxylic acid groups (broad SMARTS) is 1. The molecule has 0 radical (unpaired) electrons. The monoisotopic (exact) mass is 450 g/mol. The van der Waals surface area contributed by atoms with Crippen LogP contribution in [0.5, 0.6) is 5.75 Å². The molecule has 2 aromatic rings. The van der Waals surface area contributed by atoms with Crippen LogP contribution < -0.4 is 9.64 Å². The molecule has 1 N–H and O–H groups in total. The first kappa shape index (κ1) is 23.9. The van der Waals surface area contributed by atoms with Crippen molar-refractivity contribution >= 4 is 11.7 Å². The predicted molar refractivity (Wildman–Crippen MR) is 117 cm³/mol. The van der Waals surface area contributed by atoms with Crippen molar-refractivity contribution in [2.24, 2.45) is 0 Å². The molecule has 0 amide bonds. The van der Waals surface area contributed by atoms with E-state index in [1.54, 1.807) is 0 Å². The number of nitrogens with zero attached hydrogens (tertiary/aromatic N) is 2. The Morgan fingerprint density at radius 3 is 2.09 bits per heavy atom. The van der Waals surface area contributed by atoms with Crippen molar-refractivity contribution in [1.29, 1.82) is 0 Å². The van der Waals surface area contributed by atoms with Crippen LogP contribution >= 0.6 is 0 Å². The number of carboxylic acids is 1. The van der Waals surface area contributed by atoms with E-state index in [9.17, 15) is 23.1 Å². The van der Waals surface area contributed by atoms with E-state index in [0.717, 1.165) is 67.2 Å². The molecule has 1 saturated heterocycles. The Morgan fingerprint density at radius 2 is 1.56 bits per heavy atom. The second-order valence-corrected chi connectivity index (χ2v) is 8.70. The minimum absolute atomic E-state index is 0.561. The fourth-order valence-corrected chi connectivity index (χ4v) is 3.72. The van der Waals surface area contributed by atoms with Crippen molar-refractivity contribution in [3.05, 3.63) is 58.7 Å². The molecule has 8 heteroatoms. The van der Waals surface area contributed by atoms with Crippen LogP contribution in [0.2, 0.25) is 0 Å². The average molecular weight is 451 g/mol. The number of aliphatic carboxylic acids is 1. The van der Waals surface area contributed by atoms with Crippen molar-refractivity contribution in [2.75, 3.05) is 31.1 Å². The molecule has 0 atom stereocenters. The van der Waals surface area contributed by atoms with Crippen LogP contribution in [0.25, 0.3) is 0 Å². The number of halogens is 3. The normalized spacial score (nSPS) is 15.7. The van der Waals surface area contributed by atoms with E-state index in [4.69, 9.17) is 4.74 Å². The lowest BCUT2D eigenvalue weighted by molar-refractivity contribution is -0.152. The zero-order chi connectivity index (χ0) is 23.7. The summed E-state index contributed by atoms with van der Waals surface area (Å²) in [5, 5.41) is 9.30. The predicted octanol–water partition coefficient (Wildman–Crippen LogP) is 4.89. The van der Waals surface area contributed by atoms with Crippen LogP contribution in [0, 0.1) is 13.8 Å². The summed E-state index contributed by atoms with van der Waals surface area (Å²) in [6.45, 7) is 10.8. The Labute approximate surface area is 186 Å². The average Bonchev–Trinajstić information content (AvgIpc) is 2.73. The van der Waals surface area contributed by atoms with E-state index >= 15 is 0 Å². The lowest BCUT2D eigenvalue weighted by atomic mass is 10.0. The fourth-order valence-electron chi connectivity index (χ4n) is 3.72. The Hall–Kier alpha value is -2.74. The highest BCUT2D eigenvalue weighted by atomic mass is 19.4. The third-order valence-corrected chi connectivity index (χ3v) is 6.06. The molecule has 1 heterocycles. The quantitative estimate of drug-likeness (QED) is 0.680. The molecule has 0 unspecified atom stereocenters. The van der Waals surface area contributed by atoms with Crippen molar-refractivity contribution in [3.8, 4) is 5.75 Å². The fraction of sp³-hybridized carbons (Fsp3) is 0.458. The van der Waals surface area contributed by atoms with E-state index in [0.29, 0.717) is 5.75 Å². The molecule has 1 aliphatic rings. The highest BCUT2D eigenvalue weighted by Crippen LogP contribution is 2.31. The van der Waals surface area contributed by atoms with Crippen LogP contribution in [-0.2, 0) is 17.5 Å². The van der Waals surface area contributed by atoms with Crippen molar-refractivity contribution in [1.82, 2.24) is 4.90 Å². The van der Waals surface area contributed by atoms with Crippen LogP contribution in [0.4, 0.5) is 18.9 Å². The standard InChI is InChI=1S/C24H29F3N2O3/c1-16-17(2)21(32-23(3,4)22(30)31)10-5-18(16)15-28-11-13-29(14-12-28)20-8-6-19(7-9-20)24(25,26)27/h5-10H,11-15H2,1-4H3,(H,30,31). The molecular formula is C24H29F3N2O3. The number of benzene rings is 2. The van der Waals surface area contributed by atoms with Crippen LogP contribution in [0.15, 0.2) is 36.4 Å². The van der Waals surface area contributed by atoms with Gasteiger partial charge in [0.2, 0.25) is 0 Å². The third kappa shape index (κ3) is 5.35. The first-order valence-electron chi connectivity index (χ1n) is 10.5. The largest absolute Gasteiger partial charge is 0.478 e. The topological polar surface area (TPSA) is 53.0 Å². The van der Waals surface area contributed by atoms with Gasteiger partial charge in [0.05, 0.1) is 5.56 Å². The van der Waals surface area contributed by atoms with Gasteiger partial charge in [0.15, 0.2) is 5.60 Å². The van der Waals surface area contributed by atoms with Crippen molar-refractivity contribution in [2.45, 2.75) is 46.0 Å². The maximum atomic E-state index is 12.8. The summed E-state index contributed by atoms with van der Waals surface area (Å²) in [5.74, 6) is -0.463. The third-order valence-electron chi connectivity index (χ3n) is 6.06. The summed E-state index contributed by atoms with van der Waals surface area (Å²) in [6.07, 6.45) is -4.32. The molecule has 3 rings (SSSR count). The summed E-state index contributed by atoms with van der Waals surface area (Å²) >= 11 is 0. The summed E-state index contributed by atoms with van der Waals surface area (Å²) < 4.78 is 44.0. The number of ether oxygens (including phenoxy) is 1. The molecule has 0 aliphatic carbocycles. The number of hydrogen-bond donors (Lipinski definition) is 1. The van der Waals surface area contributed by atoms with E-state index in [2.05, 4.69) is 9.80 Å². The summed E-state index contributed by atoms with van der Waals surface area (Å²) in [5.41, 5.74) is 1.98. The summed E-state index contributed by atoms with van der Waals surface area (Å²) in [6, 6.07) is 9.11. The summed E-state index contributed by atoms with van der Waals surface area (Å²) in [7, 11) is 0. The Kier molecular flexibility index (Phi) is 6.74. The molecule has 0 saturated carbocycles. The van der Waals surface area contributed by atoms with Gasteiger partial charge >= 0.3 is 12.1 Å². The van der Waals surface area contributed by atoms with E-state index in [1.807, 2.05) is 26.0 Å². The van der Waals surface area contributed by atoms with Crippen LogP contribution in [-0.4, -0.2) is 47.8 Å². The van der Waals surface area contributed by atoms with Crippen molar-refractivity contribution < 1.29 is 27.8 Å². The van der Waals surface area contributed by atoms with Crippen LogP contribution in [0.1, 0.15) is 36.1 Å². The van der Waals surface area contributed by atoms with Gasteiger partial charge in [-0.25, -0.2) is 4.79 Å². The Morgan fingerprint density at radius 1 is 0.969 bits per heavy atom. The molecule has 1 fully saturated rings. The zero-order valence-corrected chi connectivity index (χ0v) is 18.8. The molecule has 32 heavy (non-hydrogen) atoms. The van der Waals surface area contributed by atoms with Crippen molar-refractivity contribution in [3.63, 3.8) is 0 Å². The lowest BCUT2D eigenvalue weighted by Crippen LogP contribution is -2.46. The SMILES string of the molecule is Cc1c(CN2CCN(c3ccc(C(F)(F)F)cc3)CC2)ccc(OC(C)(C)C(=O)O)c1C. The molecule has 0 spiro atoms. The van der Waals surface area contributed by atoms with Gasteiger partial charge < -0.3 is 14.7 Å². The first-order valence-corrected chi connectivity index (χ1v) is 10.5. The maximum absolute atomic E-state index is 12.8. The Balaban J connectivity index is 1.61. The lowest BCUT2D eigenvalue weighted by Gasteiger charge is -2.36. The summed E-state index contributed by atoms with van der Waals surface area (Å²) in [4.78, 5) is 15.8. The Bertz CT molecular complexity index is 964. The highest BCUT2D eigenvalue weighted by Gasteiger charge is 2.31. The highest BCUT2D eigenvalue weighted by molar-refractivity contribution is 5.76. The molecule has 5 nitrogen and oxygen atoms in total. The number of hydrogen-bond acceptors (Lipinski definition) is 4. The van der Waals surface area contributed by atoms with Gasteiger partial charge in [0.1, 0.15) is 5.75 Å². The minimum Gasteiger partial charge on any atom is -0.478 e. The zero-order valence-electron chi connectivity index (χ0n) is 18.8. The van der Waals surface area contributed by atoms with Gasteiger partial charge in [-0.1, -0.05) is 6.07 Å². The smallest absolute Gasteiger partial charge is 0.416 e. The molecule has 0 aromatic heterocycles. The molecular weight excluding hydrogens is 421 g/mol. The van der Waals surface area contributed by atoms with Crippen LogP contribution in [0.3, 0.4) is 0 Å². The number of piperazine rings is 1. The second-order valence-electron chi connectivity index (χ2n) is 8.70. The first-order chi connectivity index (χ1) is 14.9. The van der Waals surface area contributed by atoms with E-state index in [-0.39, 0.29) is 0 Å². The van der Waals surface area contributed by atoms with Gasteiger partial charge in [-0.15, -0.1) is 0 Å². The minimum atomic E-state index is -4.32. The molecule has 2 aromatic carbocycles. The maximum Gasteiger partial charge on any atom is 0.416 e. The van der Waals surface area contributed by atoms with E-state index < -0.39 is 23.3 Å². The molecule has 0 bridgehead atoms. The molecule has 174 valence electrons. The number of rotatable bonds is 6. The van der Waals surface area contributed by atoms with Gasteiger partial charge in [-0.3, -0.25) is 4.90 Å². The van der Waals surface area contributed by atoms with E-state index in [1.165, 1.54) is 26.0 Å².